The second-order valence-corrected chi connectivity index (χ2v) is 4.90. The minimum atomic E-state index is -0.451. The van der Waals surface area contributed by atoms with E-state index >= 15 is 0 Å². The molecule has 2 rings (SSSR count). The molecule has 2 aromatic rings. The number of aldehydes is 1. The lowest BCUT2D eigenvalue weighted by molar-refractivity contribution is -0.383. The zero-order valence-electron chi connectivity index (χ0n) is 18.0. The van der Waals surface area contributed by atoms with Crippen molar-refractivity contribution in [3.05, 3.63) is 63.7 Å². The average molecular weight is 390 g/mol. The molecule has 0 bridgehead atoms. The van der Waals surface area contributed by atoms with Gasteiger partial charge in [-0.05, 0) is 29.7 Å². The third kappa shape index (κ3) is 10.3. The largest absolute Gasteiger partial charge is 0.399 e. The highest BCUT2D eigenvalue weighted by molar-refractivity contribution is 5.66. The Kier molecular flexibility index (Phi) is 17.1. The van der Waals surface area contributed by atoms with E-state index in [0.717, 1.165) is 23.8 Å². The van der Waals surface area contributed by atoms with Crippen LogP contribution < -0.4 is 11.1 Å². The number of benzene rings is 2. The summed E-state index contributed by atoms with van der Waals surface area (Å²) in [5.41, 5.74) is 8.43. The predicted octanol–water partition coefficient (Wildman–Crippen LogP) is 5.65. The molecule has 6 nitrogen and oxygen atoms in total. The SMILES string of the molecule is CC.CC.CC.Nc1ccc(NCCc2ccc(CC=O)cc2)c([N+](=O)[O-])c1. The molecule has 2 aromatic carbocycles. The molecule has 0 radical (unpaired) electrons. The maximum absolute atomic E-state index is 11.0. The number of nitro benzene ring substituents is 1. The molecule has 0 saturated heterocycles. The standard InChI is InChI=1S/C16H17N3O3.3C2H6/c17-14-5-6-15(16(11-14)19(21)22)18-9-7-12-1-3-13(4-2-12)8-10-20;3*1-2/h1-6,10-11,18H,7-9,17H2;3*1-2H3. The molecule has 156 valence electrons. The number of nitrogen functional groups attached to an aromatic ring is 1. The molecule has 0 fully saturated rings. The molecule has 28 heavy (non-hydrogen) atoms. The molecule has 0 saturated carbocycles. The van der Waals surface area contributed by atoms with Gasteiger partial charge in [-0.25, -0.2) is 0 Å². The predicted molar refractivity (Wildman–Crippen MR) is 120 cm³/mol. The Bertz CT molecular complexity index is 671. The van der Waals surface area contributed by atoms with Crippen LogP contribution in [0.4, 0.5) is 17.1 Å². The fourth-order valence-electron chi connectivity index (χ4n) is 2.13. The molecule has 6 heteroatoms. The van der Waals surface area contributed by atoms with Crippen LogP contribution in [0.5, 0.6) is 0 Å². The number of nitrogens with one attached hydrogen (secondary N) is 1. The van der Waals surface area contributed by atoms with E-state index in [1.807, 2.05) is 65.8 Å². The van der Waals surface area contributed by atoms with Crippen molar-refractivity contribution in [2.75, 3.05) is 17.6 Å². The lowest BCUT2D eigenvalue weighted by Gasteiger charge is -2.08. The Labute approximate surface area is 169 Å². The quantitative estimate of drug-likeness (QED) is 0.276. The number of hydrogen-bond acceptors (Lipinski definition) is 5. The zero-order chi connectivity index (χ0) is 21.9. The molecular formula is C22H35N3O3. The molecule has 0 aliphatic carbocycles. The first-order chi connectivity index (χ1) is 13.6. The van der Waals surface area contributed by atoms with Crippen molar-refractivity contribution in [1.29, 1.82) is 0 Å². The number of nitrogens with zero attached hydrogens (tertiary/aromatic N) is 1. The highest BCUT2D eigenvalue weighted by Crippen LogP contribution is 2.26. The van der Waals surface area contributed by atoms with Crippen molar-refractivity contribution in [2.24, 2.45) is 0 Å². The summed E-state index contributed by atoms with van der Waals surface area (Å²) >= 11 is 0. The second-order valence-electron chi connectivity index (χ2n) is 4.90. The third-order valence-corrected chi connectivity index (χ3v) is 3.29. The van der Waals surface area contributed by atoms with Crippen molar-refractivity contribution in [1.82, 2.24) is 0 Å². The lowest BCUT2D eigenvalue weighted by atomic mass is 10.1. The first kappa shape index (κ1) is 27.3. The van der Waals surface area contributed by atoms with Gasteiger partial charge in [-0.1, -0.05) is 65.8 Å². The van der Waals surface area contributed by atoms with Crippen LogP contribution in [0.1, 0.15) is 52.7 Å². The Morgan fingerprint density at radius 1 is 0.964 bits per heavy atom. The van der Waals surface area contributed by atoms with Crippen LogP contribution in [0.25, 0.3) is 0 Å². The van der Waals surface area contributed by atoms with Crippen LogP contribution >= 0.6 is 0 Å². The van der Waals surface area contributed by atoms with Crippen molar-refractivity contribution < 1.29 is 9.72 Å². The van der Waals surface area contributed by atoms with Crippen molar-refractivity contribution in [3.63, 3.8) is 0 Å². The van der Waals surface area contributed by atoms with Crippen LogP contribution in [0, 0.1) is 10.1 Å². The molecule has 0 amide bonds. The minimum absolute atomic E-state index is 0.0265. The van der Waals surface area contributed by atoms with E-state index in [4.69, 9.17) is 5.73 Å². The molecular weight excluding hydrogens is 354 g/mol. The number of rotatable bonds is 7. The fraction of sp³-hybridized carbons (Fsp3) is 0.409. The molecule has 0 heterocycles. The fourth-order valence-corrected chi connectivity index (χ4v) is 2.13. The van der Waals surface area contributed by atoms with E-state index < -0.39 is 4.92 Å². The van der Waals surface area contributed by atoms with Gasteiger partial charge in [-0.15, -0.1) is 0 Å². The molecule has 0 aliphatic heterocycles. The number of nitro groups is 1. The van der Waals surface area contributed by atoms with Gasteiger partial charge in [0.05, 0.1) is 4.92 Å². The van der Waals surface area contributed by atoms with E-state index in [0.29, 0.717) is 24.3 Å². The highest BCUT2D eigenvalue weighted by atomic mass is 16.6. The summed E-state index contributed by atoms with van der Waals surface area (Å²) in [5.74, 6) is 0. The van der Waals surface area contributed by atoms with Gasteiger partial charge in [0.1, 0.15) is 12.0 Å². The van der Waals surface area contributed by atoms with Gasteiger partial charge >= 0.3 is 0 Å². The zero-order valence-corrected chi connectivity index (χ0v) is 18.0. The van der Waals surface area contributed by atoms with Gasteiger partial charge in [-0.2, -0.15) is 0 Å². The molecule has 0 aromatic heterocycles. The summed E-state index contributed by atoms with van der Waals surface area (Å²) in [4.78, 5) is 21.0. The summed E-state index contributed by atoms with van der Waals surface area (Å²) in [6.07, 6.45) is 2.01. The Morgan fingerprint density at radius 3 is 2.00 bits per heavy atom. The van der Waals surface area contributed by atoms with E-state index in [-0.39, 0.29) is 5.69 Å². The summed E-state index contributed by atoms with van der Waals surface area (Å²) < 4.78 is 0. The van der Waals surface area contributed by atoms with Gasteiger partial charge < -0.3 is 15.8 Å². The van der Waals surface area contributed by atoms with Gasteiger partial charge in [0.15, 0.2) is 0 Å². The maximum Gasteiger partial charge on any atom is 0.294 e. The molecule has 3 N–H and O–H groups in total. The highest BCUT2D eigenvalue weighted by Gasteiger charge is 2.13. The van der Waals surface area contributed by atoms with Crippen molar-refractivity contribution in [2.45, 2.75) is 54.4 Å². The van der Waals surface area contributed by atoms with Crippen LogP contribution in [0.15, 0.2) is 42.5 Å². The van der Waals surface area contributed by atoms with E-state index in [1.54, 1.807) is 12.1 Å². The normalized spacial score (nSPS) is 8.64. The van der Waals surface area contributed by atoms with E-state index in [1.165, 1.54) is 6.07 Å². The number of nitrogens with two attached hydrogens (primary N) is 1. The van der Waals surface area contributed by atoms with E-state index in [9.17, 15) is 14.9 Å². The van der Waals surface area contributed by atoms with E-state index in [2.05, 4.69) is 5.32 Å². The van der Waals surface area contributed by atoms with Crippen molar-refractivity contribution in [3.8, 4) is 0 Å². The maximum atomic E-state index is 11.0. The van der Waals surface area contributed by atoms with Gasteiger partial charge in [0.2, 0.25) is 0 Å². The summed E-state index contributed by atoms with van der Waals surface area (Å²) in [7, 11) is 0. The Balaban J connectivity index is 0. The number of carbonyl (C=O) groups excluding carboxylic acids is 1. The third-order valence-electron chi connectivity index (χ3n) is 3.29. The van der Waals surface area contributed by atoms with Gasteiger partial charge in [-0.3, -0.25) is 10.1 Å². The number of anilines is 2. The summed E-state index contributed by atoms with van der Waals surface area (Å²) in [6, 6.07) is 12.3. The second kappa shape index (κ2) is 17.5. The van der Waals surface area contributed by atoms with Crippen LogP contribution in [0.3, 0.4) is 0 Å². The minimum Gasteiger partial charge on any atom is -0.399 e. The van der Waals surface area contributed by atoms with Crippen LogP contribution in [-0.2, 0) is 17.6 Å². The molecule has 0 atom stereocenters. The average Bonchev–Trinajstić information content (AvgIpc) is 2.75. The van der Waals surface area contributed by atoms with Gasteiger partial charge in [0.25, 0.3) is 5.69 Å². The monoisotopic (exact) mass is 389 g/mol. The molecule has 0 spiro atoms. The first-order valence-corrected chi connectivity index (χ1v) is 9.89. The first-order valence-electron chi connectivity index (χ1n) is 9.89. The van der Waals surface area contributed by atoms with Gasteiger partial charge in [0, 0.05) is 24.7 Å². The topological polar surface area (TPSA) is 98.3 Å². The Morgan fingerprint density at radius 2 is 1.50 bits per heavy atom. The molecule has 0 unspecified atom stereocenters. The Hall–Kier alpha value is -2.89. The molecule has 0 aliphatic rings. The van der Waals surface area contributed by atoms with Crippen molar-refractivity contribution >= 4 is 23.3 Å². The van der Waals surface area contributed by atoms with Crippen LogP contribution in [0.2, 0.25) is 0 Å². The number of hydrogen-bond donors (Lipinski definition) is 2. The summed E-state index contributed by atoms with van der Waals surface area (Å²) in [5, 5.41) is 14.0. The summed E-state index contributed by atoms with van der Waals surface area (Å²) in [6.45, 7) is 12.6. The van der Waals surface area contributed by atoms with Crippen LogP contribution in [-0.4, -0.2) is 17.8 Å². The smallest absolute Gasteiger partial charge is 0.294 e. The number of carbonyl (C=O) groups is 1. The lowest BCUT2D eigenvalue weighted by Crippen LogP contribution is -2.07.